The number of halogens is 1. The Morgan fingerprint density at radius 1 is 1.10 bits per heavy atom. The summed E-state index contributed by atoms with van der Waals surface area (Å²) in [4.78, 5) is 27.5. The lowest BCUT2D eigenvalue weighted by atomic mass is 10.0. The highest BCUT2D eigenvalue weighted by Gasteiger charge is 2.33. The largest absolute Gasteiger partial charge is 0.497 e. The molecule has 4 rings (SSSR count). The molecule has 210 valence electrons. The van der Waals surface area contributed by atoms with Crippen LogP contribution in [0.1, 0.15) is 55.5 Å². The van der Waals surface area contributed by atoms with Gasteiger partial charge in [0.25, 0.3) is 0 Å². The number of fused-ring (bicyclic) bond motifs is 1. The van der Waals surface area contributed by atoms with Gasteiger partial charge in [-0.05, 0) is 98.7 Å². The number of carbonyl (C=O) groups is 2. The zero-order valence-electron chi connectivity index (χ0n) is 23.4. The van der Waals surface area contributed by atoms with Gasteiger partial charge in [0, 0.05) is 12.6 Å². The third-order valence-corrected chi connectivity index (χ3v) is 6.72. The van der Waals surface area contributed by atoms with Gasteiger partial charge in [-0.25, -0.2) is 9.18 Å². The summed E-state index contributed by atoms with van der Waals surface area (Å²) in [7, 11) is 1.64. The van der Waals surface area contributed by atoms with Gasteiger partial charge >= 0.3 is 6.09 Å². The molecular formula is C32H36FN3O4. The molecule has 0 bridgehead atoms. The first-order chi connectivity index (χ1) is 19.0. The molecule has 0 fully saturated rings. The van der Waals surface area contributed by atoms with Crippen molar-refractivity contribution in [1.29, 1.82) is 0 Å². The minimum absolute atomic E-state index is 0.106. The van der Waals surface area contributed by atoms with E-state index in [1.165, 1.54) is 18.2 Å². The van der Waals surface area contributed by atoms with Crippen molar-refractivity contribution in [2.24, 2.45) is 0 Å². The highest BCUT2D eigenvalue weighted by Crippen LogP contribution is 2.37. The quantitative estimate of drug-likeness (QED) is 0.248. The Morgan fingerprint density at radius 3 is 2.52 bits per heavy atom. The molecule has 1 atom stereocenters. The third-order valence-electron chi connectivity index (χ3n) is 6.72. The van der Waals surface area contributed by atoms with Crippen molar-refractivity contribution in [2.75, 3.05) is 24.7 Å². The minimum atomic E-state index is -0.606. The maximum atomic E-state index is 13.3. The summed E-state index contributed by atoms with van der Waals surface area (Å²) in [6.07, 6.45) is 5.08. The van der Waals surface area contributed by atoms with Crippen LogP contribution in [-0.2, 0) is 22.4 Å². The number of nitrogens with two attached hydrogens (primary N) is 1. The number of carbonyl (C=O) groups excluding carboxylic acids is 2. The van der Waals surface area contributed by atoms with Crippen LogP contribution in [0.3, 0.4) is 0 Å². The predicted molar refractivity (Wildman–Crippen MR) is 156 cm³/mol. The number of anilines is 2. The molecule has 0 radical (unpaired) electrons. The van der Waals surface area contributed by atoms with Gasteiger partial charge in [0.2, 0.25) is 5.91 Å². The number of aryl methyl sites for hydroxylation is 1. The molecule has 0 saturated carbocycles. The van der Waals surface area contributed by atoms with Crippen molar-refractivity contribution in [2.45, 2.75) is 51.7 Å². The molecule has 2 amide bonds. The van der Waals surface area contributed by atoms with Crippen molar-refractivity contribution >= 4 is 29.5 Å². The number of nitrogen functional groups attached to an aromatic ring is 1. The molecule has 1 aliphatic carbocycles. The number of ether oxygens (including phenoxy) is 2. The highest BCUT2D eigenvalue weighted by molar-refractivity contribution is 6.03. The third kappa shape index (κ3) is 7.40. The van der Waals surface area contributed by atoms with E-state index in [0.717, 1.165) is 46.9 Å². The van der Waals surface area contributed by atoms with Crippen LogP contribution >= 0.6 is 0 Å². The summed E-state index contributed by atoms with van der Waals surface area (Å²) in [5.41, 5.74) is 9.87. The number of rotatable bonds is 8. The molecule has 7 nitrogen and oxygen atoms in total. The Morgan fingerprint density at radius 2 is 1.85 bits per heavy atom. The highest BCUT2D eigenvalue weighted by atomic mass is 19.1. The Bertz CT molecular complexity index is 1400. The van der Waals surface area contributed by atoms with E-state index in [-0.39, 0.29) is 23.7 Å². The van der Waals surface area contributed by atoms with Gasteiger partial charge < -0.3 is 25.4 Å². The van der Waals surface area contributed by atoms with Crippen molar-refractivity contribution in [3.05, 3.63) is 94.8 Å². The molecule has 3 aromatic carbocycles. The Balaban J connectivity index is 1.48. The van der Waals surface area contributed by atoms with Crippen molar-refractivity contribution in [3.63, 3.8) is 0 Å². The molecule has 0 aliphatic heterocycles. The maximum absolute atomic E-state index is 13.3. The van der Waals surface area contributed by atoms with Crippen LogP contribution in [0.5, 0.6) is 5.75 Å². The van der Waals surface area contributed by atoms with Crippen LogP contribution in [0.25, 0.3) is 6.08 Å². The van der Waals surface area contributed by atoms with E-state index < -0.39 is 11.4 Å². The molecule has 0 heterocycles. The van der Waals surface area contributed by atoms with E-state index in [1.54, 1.807) is 13.2 Å². The summed E-state index contributed by atoms with van der Waals surface area (Å²) in [5.74, 6) is -0.0424. The summed E-state index contributed by atoms with van der Waals surface area (Å²) in [5, 5.41) is 2.66. The number of hydrogen-bond acceptors (Lipinski definition) is 5. The van der Waals surface area contributed by atoms with Crippen LogP contribution < -0.4 is 15.8 Å². The SMILES string of the molecule is COc1ccc(CCN(C(=O)OC(C)(C)C)C2CCc3cc(/C=C/C(=O)Nc4ccc(F)cc4N)ccc32)cc1. The molecule has 1 aliphatic rings. The summed E-state index contributed by atoms with van der Waals surface area (Å²) < 4.78 is 24.3. The fourth-order valence-electron chi connectivity index (χ4n) is 4.77. The molecule has 0 saturated heterocycles. The predicted octanol–water partition coefficient (Wildman–Crippen LogP) is 6.54. The molecule has 3 aromatic rings. The number of amides is 2. The van der Waals surface area contributed by atoms with Gasteiger partial charge in [0.05, 0.1) is 24.5 Å². The lowest BCUT2D eigenvalue weighted by molar-refractivity contribution is -0.111. The molecule has 0 aromatic heterocycles. The number of hydrogen-bond donors (Lipinski definition) is 2. The smallest absolute Gasteiger partial charge is 0.410 e. The zero-order valence-corrected chi connectivity index (χ0v) is 23.4. The van der Waals surface area contributed by atoms with Gasteiger partial charge in [-0.2, -0.15) is 0 Å². The van der Waals surface area contributed by atoms with Crippen molar-refractivity contribution in [1.82, 2.24) is 4.90 Å². The molecule has 3 N–H and O–H groups in total. The van der Waals surface area contributed by atoms with Crippen LogP contribution in [-0.4, -0.2) is 36.2 Å². The van der Waals surface area contributed by atoms with E-state index in [4.69, 9.17) is 15.2 Å². The molecular weight excluding hydrogens is 509 g/mol. The number of nitrogens with zero attached hydrogens (tertiary/aromatic N) is 1. The van der Waals surface area contributed by atoms with Gasteiger partial charge in [-0.3, -0.25) is 4.79 Å². The van der Waals surface area contributed by atoms with Gasteiger partial charge in [-0.15, -0.1) is 0 Å². The van der Waals surface area contributed by atoms with E-state index in [9.17, 15) is 14.0 Å². The summed E-state index contributed by atoms with van der Waals surface area (Å²) in [6.45, 7) is 6.12. The van der Waals surface area contributed by atoms with Crippen LogP contribution in [0.2, 0.25) is 0 Å². The molecule has 40 heavy (non-hydrogen) atoms. The van der Waals surface area contributed by atoms with Crippen LogP contribution in [0.4, 0.5) is 20.6 Å². The topological polar surface area (TPSA) is 93.9 Å². The minimum Gasteiger partial charge on any atom is -0.497 e. The number of benzene rings is 3. The first-order valence-electron chi connectivity index (χ1n) is 13.3. The van der Waals surface area contributed by atoms with Crippen LogP contribution in [0.15, 0.2) is 66.7 Å². The number of methoxy groups -OCH3 is 1. The zero-order chi connectivity index (χ0) is 28.9. The van der Waals surface area contributed by atoms with E-state index in [2.05, 4.69) is 5.32 Å². The molecule has 8 heteroatoms. The second kappa shape index (κ2) is 12.2. The van der Waals surface area contributed by atoms with E-state index in [1.807, 2.05) is 68.1 Å². The molecule has 1 unspecified atom stereocenters. The van der Waals surface area contributed by atoms with Crippen molar-refractivity contribution in [3.8, 4) is 5.75 Å². The average molecular weight is 546 g/mol. The van der Waals surface area contributed by atoms with Gasteiger partial charge in [0.1, 0.15) is 17.2 Å². The second-order valence-electron chi connectivity index (χ2n) is 10.8. The standard InChI is InChI=1S/C32H36FN3O4/c1-32(2,3)40-31(38)36(18-17-21-5-11-25(39-4)12-6-21)29-15-9-23-19-22(7-13-26(23)29)8-16-30(37)35-28-14-10-24(33)20-27(28)34/h5-8,10-14,16,19-20,29H,9,15,17-18,34H2,1-4H3,(H,35,37)/b16-8+. The monoisotopic (exact) mass is 545 g/mol. The van der Waals surface area contributed by atoms with Gasteiger partial charge in [-0.1, -0.05) is 30.3 Å². The van der Waals surface area contributed by atoms with Crippen LogP contribution in [0, 0.1) is 5.82 Å². The van der Waals surface area contributed by atoms with E-state index >= 15 is 0 Å². The second-order valence-corrected chi connectivity index (χ2v) is 10.8. The lowest BCUT2D eigenvalue weighted by Crippen LogP contribution is -2.40. The van der Waals surface area contributed by atoms with Gasteiger partial charge in [0.15, 0.2) is 0 Å². The first kappa shape index (κ1) is 28.7. The Kier molecular flexibility index (Phi) is 8.77. The summed E-state index contributed by atoms with van der Waals surface area (Å²) >= 11 is 0. The summed E-state index contributed by atoms with van der Waals surface area (Å²) in [6, 6.07) is 17.6. The first-order valence-corrected chi connectivity index (χ1v) is 13.3. The Hall–Kier alpha value is -4.33. The normalized spacial score (nSPS) is 14.6. The fraction of sp³-hybridized carbons (Fsp3) is 0.312. The van der Waals surface area contributed by atoms with Crippen molar-refractivity contribution < 1.29 is 23.5 Å². The van der Waals surface area contributed by atoms with E-state index in [0.29, 0.717) is 18.7 Å². The average Bonchev–Trinajstić information content (AvgIpc) is 3.31. The molecule has 0 spiro atoms. The fourth-order valence-corrected chi connectivity index (χ4v) is 4.77. The maximum Gasteiger partial charge on any atom is 0.410 e. The number of nitrogens with one attached hydrogen (secondary N) is 1. The Labute approximate surface area is 234 Å². The lowest BCUT2D eigenvalue weighted by Gasteiger charge is -2.32.